The molecule has 12 rings (SSSR count). The molecule has 0 atom stereocenters. The van der Waals surface area contributed by atoms with Gasteiger partial charge in [0.15, 0.2) is 0 Å². The van der Waals surface area contributed by atoms with E-state index in [-0.39, 0.29) is 83.6 Å². The summed E-state index contributed by atoms with van der Waals surface area (Å²) in [5, 5.41) is 11.9. The van der Waals surface area contributed by atoms with Crippen molar-refractivity contribution in [1.82, 2.24) is 44.1 Å². The molecule has 6 aliphatic heterocycles. The van der Waals surface area contributed by atoms with E-state index >= 15 is 0 Å². The van der Waals surface area contributed by atoms with Crippen LogP contribution in [0.5, 0.6) is 17.2 Å². The summed E-state index contributed by atoms with van der Waals surface area (Å²) in [6.07, 6.45) is 13.5. The van der Waals surface area contributed by atoms with E-state index in [2.05, 4.69) is 67.3 Å². The van der Waals surface area contributed by atoms with E-state index in [1.807, 2.05) is 58.6 Å². The number of carbonyl (C=O) groups is 7. The van der Waals surface area contributed by atoms with Gasteiger partial charge in [-0.1, -0.05) is 101 Å². The summed E-state index contributed by atoms with van der Waals surface area (Å²) in [5.74, 6) is 2.18. The van der Waals surface area contributed by atoms with E-state index < -0.39 is 10.8 Å². The Morgan fingerprint density at radius 2 is 0.765 bits per heavy atom. The number of nitrogens with zero attached hydrogens (tertiary/aromatic N) is 9. The van der Waals surface area contributed by atoms with Crippen molar-refractivity contribution in [2.75, 3.05) is 132 Å². The maximum Gasteiger partial charge on any atom is 0.410 e. The first-order valence-electron chi connectivity index (χ1n) is 35.3. The van der Waals surface area contributed by atoms with Gasteiger partial charge in [0.1, 0.15) is 22.8 Å². The summed E-state index contributed by atoms with van der Waals surface area (Å²) in [4.78, 5) is 102. The van der Waals surface area contributed by atoms with Gasteiger partial charge in [-0.2, -0.15) is 0 Å². The molecule has 25 heteroatoms. The summed E-state index contributed by atoms with van der Waals surface area (Å²) in [5.41, 5.74) is 6.34. The molecule has 0 aromatic heterocycles. The number of likely N-dealkylation sites (tertiary alicyclic amines) is 3. The zero-order valence-corrected chi connectivity index (χ0v) is 64.7. The first-order chi connectivity index (χ1) is 47.4. The molecular formula is C77H107Cl4N9O11V. The first kappa shape index (κ1) is 83.5. The molecule has 0 bridgehead atoms. The predicted octanol–water partition coefficient (Wildman–Crippen LogP) is 11.1. The molecule has 3 saturated carbocycles. The normalized spacial score (nSPS) is 19.8. The second-order valence-electron chi connectivity index (χ2n) is 29.9. The minimum absolute atomic E-state index is 0. The molecule has 6 amide bonds. The first-order valence-corrected chi connectivity index (χ1v) is 36.9. The van der Waals surface area contributed by atoms with Crippen LogP contribution in [-0.4, -0.2) is 246 Å². The fourth-order valence-corrected chi connectivity index (χ4v) is 15.0. The summed E-state index contributed by atoms with van der Waals surface area (Å²) < 4.78 is 16.5. The van der Waals surface area contributed by atoms with Gasteiger partial charge in [0.2, 0.25) is 34.8 Å². The second-order valence-corrected chi connectivity index (χ2v) is 31.5. The molecule has 6 saturated heterocycles. The smallest absolute Gasteiger partial charge is 0.410 e. The number of benzene rings is 3. The number of carbonyl (C=O) groups excluding carboxylic acids is 7. The van der Waals surface area contributed by atoms with Crippen LogP contribution in [0.3, 0.4) is 0 Å². The number of rotatable bonds is 20. The van der Waals surface area contributed by atoms with E-state index in [0.717, 1.165) is 180 Å². The fraction of sp³-hybridized carbons (Fsp3) is 0.597. The molecule has 3 aromatic carbocycles. The van der Waals surface area contributed by atoms with E-state index in [9.17, 15) is 38.7 Å². The van der Waals surface area contributed by atoms with Gasteiger partial charge in [0.25, 0.3) is 0 Å². The fourth-order valence-electron chi connectivity index (χ4n) is 13.9. The quantitative estimate of drug-likeness (QED) is 0.0828. The number of allylic oxidation sites excluding steroid dienone is 1. The third-order valence-electron chi connectivity index (χ3n) is 21.6. The van der Waals surface area contributed by atoms with Gasteiger partial charge < -0.3 is 48.7 Å². The minimum atomic E-state index is -0.509. The molecule has 1 radical (unpaired) electrons. The number of methoxy groups -OCH3 is 2. The van der Waals surface area contributed by atoms with E-state index in [0.29, 0.717) is 87.9 Å². The summed E-state index contributed by atoms with van der Waals surface area (Å²) >= 11 is 24.0. The largest absolute Gasteiger partial charge is 0.508 e. The van der Waals surface area contributed by atoms with Crippen molar-refractivity contribution in [3.05, 3.63) is 123 Å². The Balaban J connectivity index is 0.000000206. The molecule has 3 aliphatic carbocycles. The van der Waals surface area contributed by atoms with Crippen molar-refractivity contribution in [2.45, 2.75) is 166 Å². The summed E-state index contributed by atoms with van der Waals surface area (Å²) in [6, 6.07) is 12.8. The Morgan fingerprint density at radius 1 is 0.480 bits per heavy atom. The Kier molecular flexibility index (Phi) is 29.5. The third-order valence-corrected chi connectivity index (χ3v) is 22.7. The van der Waals surface area contributed by atoms with Crippen LogP contribution < -0.4 is 9.47 Å². The van der Waals surface area contributed by atoms with Crippen LogP contribution in [0.4, 0.5) is 4.79 Å². The topological polar surface area (TPSA) is 197 Å². The number of aryl methyl sites for hydroxylation is 3. The molecule has 9 fully saturated rings. The monoisotopic (exact) mass is 1520 g/mol. The van der Waals surface area contributed by atoms with Crippen LogP contribution in [0.2, 0.25) is 15.1 Å². The Morgan fingerprint density at radius 3 is 1.04 bits per heavy atom. The van der Waals surface area contributed by atoms with Gasteiger partial charge in [-0.05, 0) is 176 Å². The Hall–Kier alpha value is -5.81. The Bertz CT molecular complexity index is 3520. The van der Waals surface area contributed by atoms with Crippen molar-refractivity contribution in [3.63, 3.8) is 0 Å². The molecular weight excluding hydrogens is 1420 g/mol. The van der Waals surface area contributed by atoms with E-state index in [1.54, 1.807) is 30.1 Å². The molecule has 1 N–H and O–H groups in total. The van der Waals surface area contributed by atoms with Crippen molar-refractivity contribution in [3.8, 4) is 17.2 Å². The van der Waals surface area contributed by atoms with Crippen LogP contribution >= 0.6 is 46.4 Å². The van der Waals surface area contributed by atoms with Gasteiger partial charge in [0, 0.05) is 189 Å². The molecule has 3 aromatic rings. The molecule has 9 aliphatic rings. The number of amides is 6. The number of halogens is 4. The number of phenols is 1. The number of ether oxygens (including phenoxy) is 3. The number of hydrogen-bond donors (Lipinski definition) is 1. The standard InChI is InChI=1S/C26H38ClN3O4.C24H32ClN3O3.C23H30ClN3O3.C3H3ClO.CH4.V/c1-25(2,3)34-24(32)30-16-19(17-30)28-10-12-29(13-11-28)23(31)7-6-18-14-20(26(4)8-9-26)21(27)15-22(18)33-5;1-4-22(29)28-15-18(16-28)26-9-11-27(12-10-26)23(30)6-5-17-13-19(24(2)7-8-24)20(25)14-21(17)31-3;1-3-21(29)27-14-17(15-27)25-8-10-26(11-9-25)22(30)5-4-16-12-18(23(2)6-7-23)19(24)13-20(16)28;1-2-3(4)5;;/h14-15,19H,6-13,16-17H2,1-5H3;4,13-14,18H,1,5-12,15-16H2,2-3H3;3,12-13,17,28H,1,4-11,14-15H2,2H3;2H,1H2;1H4;. The molecule has 20 nitrogen and oxygen atoms in total. The maximum absolute atomic E-state index is 12.9. The summed E-state index contributed by atoms with van der Waals surface area (Å²) in [7, 11) is 3.30. The van der Waals surface area contributed by atoms with Crippen LogP contribution in [0.25, 0.3) is 0 Å². The van der Waals surface area contributed by atoms with Gasteiger partial charge in [-0.25, -0.2) is 4.79 Å². The maximum atomic E-state index is 12.9. The zero-order valence-electron chi connectivity index (χ0n) is 60.3. The average molecular weight is 1530 g/mol. The number of piperazine rings is 3. The molecule has 0 unspecified atom stereocenters. The molecule has 102 heavy (non-hydrogen) atoms. The van der Waals surface area contributed by atoms with Crippen LogP contribution in [0, 0.1) is 0 Å². The van der Waals surface area contributed by atoms with E-state index in [1.165, 1.54) is 23.3 Å². The number of phenolic OH excluding ortho intramolecular Hbond substituents is 1. The average Bonchev–Trinajstić information content (AvgIpc) is 1.63. The zero-order chi connectivity index (χ0) is 72.6. The molecule has 0 spiro atoms. The van der Waals surface area contributed by atoms with Gasteiger partial charge in [-0.3, -0.25) is 43.5 Å². The summed E-state index contributed by atoms with van der Waals surface area (Å²) in [6.45, 7) is 36.3. The minimum Gasteiger partial charge on any atom is -0.508 e. The van der Waals surface area contributed by atoms with Gasteiger partial charge >= 0.3 is 6.09 Å². The number of aromatic hydroxyl groups is 1. The van der Waals surface area contributed by atoms with Crippen LogP contribution in [0.15, 0.2) is 74.4 Å². The van der Waals surface area contributed by atoms with Crippen LogP contribution in [0.1, 0.15) is 140 Å². The molecule has 559 valence electrons. The predicted molar refractivity (Wildman–Crippen MR) is 399 cm³/mol. The van der Waals surface area contributed by atoms with Crippen molar-refractivity contribution in [1.29, 1.82) is 0 Å². The van der Waals surface area contributed by atoms with Crippen molar-refractivity contribution >= 4 is 87.3 Å². The number of hydrogen-bond acceptors (Lipinski definition) is 14. The second kappa shape index (κ2) is 36.0. The van der Waals surface area contributed by atoms with Gasteiger partial charge in [-0.15, -0.1) is 0 Å². The third kappa shape index (κ3) is 21.5. The van der Waals surface area contributed by atoms with Crippen LogP contribution in [-0.2, 0) is 87.6 Å². The SMILES string of the molecule is C.C=CC(=O)Cl.C=CC(=O)N1CC(N2CCN(C(=O)CCc3cc(C4(C)CC4)c(Cl)cc3O)CC2)C1.C=CC(=O)N1CC(N2CCN(C(=O)CCc3cc(C4(C)CC4)c(Cl)cc3OC)CC2)C1.COc1cc(Cl)c(C2(C)CC2)cc1CCC(=O)N1CCN(C2CN(C(=O)OC(C)(C)C)C2)CC1.[V]. The molecule has 6 heterocycles. The van der Waals surface area contributed by atoms with Gasteiger partial charge in [0.05, 0.1) is 14.2 Å². The van der Waals surface area contributed by atoms with Crippen molar-refractivity contribution in [2.24, 2.45) is 0 Å². The Labute approximate surface area is 636 Å². The van der Waals surface area contributed by atoms with E-state index in [4.69, 9.17) is 60.6 Å². The van der Waals surface area contributed by atoms with Crippen molar-refractivity contribution < 1.29 is 71.4 Å².